The van der Waals surface area contributed by atoms with Crippen molar-refractivity contribution in [3.63, 3.8) is 0 Å². The van der Waals surface area contributed by atoms with E-state index in [2.05, 4.69) is 0 Å². The van der Waals surface area contributed by atoms with E-state index in [0.717, 1.165) is 22.3 Å². The summed E-state index contributed by atoms with van der Waals surface area (Å²) in [5.74, 6) is 2.06. The second-order valence-electron chi connectivity index (χ2n) is 3.75. The monoisotopic (exact) mass is 202 g/mol. The molecule has 60 valence electrons. The third-order valence-electron chi connectivity index (χ3n) is 3.23. The molecule has 3 heteroatoms. The fourth-order valence-electron chi connectivity index (χ4n) is 2.76. The largest absolute Gasteiger partial charge is 0.104 e. The van der Waals surface area contributed by atoms with Gasteiger partial charge in [-0.15, -0.1) is 23.5 Å². The maximum Gasteiger partial charge on any atom is 0.104 e. The van der Waals surface area contributed by atoms with Gasteiger partial charge in [-0.1, -0.05) is 12.2 Å². The van der Waals surface area contributed by atoms with Crippen LogP contribution in [-0.2, 0) is 0 Å². The fraction of sp³-hybridized carbons (Fsp3) is 0.875. The zero-order valence-electron chi connectivity index (χ0n) is 6.16. The Morgan fingerprint density at radius 2 is 1.64 bits per heavy atom. The van der Waals surface area contributed by atoms with Crippen molar-refractivity contribution in [2.75, 3.05) is 0 Å². The summed E-state index contributed by atoms with van der Waals surface area (Å²) in [6.07, 6.45) is 4.49. The molecule has 0 aromatic heterocycles. The predicted molar refractivity (Wildman–Crippen MR) is 56.2 cm³/mol. The third-order valence-corrected chi connectivity index (χ3v) is 6.84. The van der Waals surface area contributed by atoms with E-state index in [1.165, 1.54) is 22.8 Å². The molecule has 1 aliphatic heterocycles. The van der Waals surface area contributed by atoms with Crippen LogP contribution in [0.2, 0.25) is 0 Å². The molecule has 0 radical (unpaired) electrons. The topological polar surface area (TPSA) is 0 Å². The molecule has 1 heterocycles. The van der Waals surface area contributed by atoms with E-state index in [0.29, 0.717) is 0 Å². The van der Waals surface area contributed by atoms with Gasteiger partial charge in [0.1, 0.15) is 3.53 Å². The molecule has 0 spiro atoms. The summed E-state index contributed by atoms with van der Waals surface area (Å²) in [6, 6.07) is 0. The number of hydrogen-bond donors (Lipinski definition) is 0. The first-order valence-electron chi connectivity index (χ1n) is 4.22. The molecule has 0 aromatic rings. The number of thiocarbonyl (C=S) groups is 1. The molecule has 2 saturated carbocycles. The van der Waals surface area contributed by atoms with Gasteiger partial charge in [0.05, 0.1) is 0 Å². The first kappa shape index (κ1) is 7.22. The minimum atomic E-state index is 0.922. The van der Waals surface area contributed by atoms with Crippen LogP contribution in [0.5, 0.6) is 0 Å². The standard InChI is InChI=1S/C8H10S3/c9-8-10-6-4-1-2-5(3-4)7(6)11-8/h4-7H,1-3H2/t4-,5+,6+,7?/m1/s1. The molecular formula is C8H10S3. The van der Waals surface area contributed by atoms with E-state index < -0.39 is 0 Å². The van der Waals surface area contributed by atoms with Gasteiger partial charge >= 0.3 is 0 Å². The zero-order valence-corrected chi connectivity index (χ0v) is 8.60. The van der Waals surface area contributed by atoms with Crippen LogP contribution in [0.1, 0.15) is 19.3 Å². The van der Waals surface area contributed by atoms with Gasteiger partial charge in [0.2, 0.25) is 0 Å². The summed E-state index contributed by atoms with van der Waals surface area (Å²) in [5.41, 5.74) is 0. The van der Waals surface area contributed by atoms with Gasteiger partial charge in [0.25, 0.3) is 0 Å². The lowest BCUT2D eigenvalue weighted by molar-refractivity contribution is 0.508. The van der Waals surface area contributed by atoms with Gasteiger partial charge in [-0.25, -0.2) is 0 Å². The summed E-state index contributed by atoms with van der Waals surface area (Å²) in [4.78, 5) is 0. The Labute approximate surface area is 80.9 Å². The second-order valence-corrected chi connectivity index (χ2v) is 7.31. The summed E-state index contributed by atoms with van der Waals surface area (Å²) in [7, 11) is 0. The highest BCUT2D eigenvalue weighted by Crippen LogP contribution is 2.59. The van der Waals surface area contributed by atoms with Gasteiger partial charge in [-0.2, -0.15) is 0 Å². The van der Waals surface area contributed by atoms with E-state index in [-0.39, 0.29) is 0 Å². The van der Waals surface area contributed by atoms with Crippen molar-refractivity contribution in [2.45, 2.75) is 29.8 Å². The van der Waals surface area contributed by atoms with Crippen molar-refractivity contribution in [3.05, 3.63) is 0 Å². The van der Waals surface area contributed by atoms with Gasteiger partial charge in [0.15, 0.2) is 0 Å². The lowest BCUT2D eigenvalue weighted by Gasteiger charge is -2.21. The summed E-state index contributed by atoms with van der Waals surface area (Å²) >= 11 is 9.22. The molecule has 3 aliphatic rings. The number of hydrogen-bond acceptors (Lipinski definition) is 3. The zero-order chi connectivity index (χ0) is 7.42. The Morgan fingerprint density at radius 3 is 2.18 bits per heavy atom. The van der Waals surface area contributed by atoms with Crippen LogP contribution in [-0.4, -0.2) is 14.0 Å². The number of rotatable bonds is 0. The van der Waals surface area contributed by atoms with E-state index in [1.807, 2.05) is 23.5 Å². The molecule has 0 aromatic carbocycles. The average molecular weight is 202 g/mol. The Bertz CT molecular complexity index is 193. The van der Waals surface area contributed by atoms with Crippen molar-refractivity contribution < 1.29 is 0 Å². The lowest BCUT2D eigenvalue weighted by Crippen LogP contribution is -2.22. The average Bonchev–Trinajstić information content (AvgIpc) is 2.53. The van der Waals surface area contributed by atoms with E-state index >= 15 is 0 Å². The summed E-state index contributed by atoms with van der Waals surface area (Å²) in [5, 5.41) is 1.84. The second kappa shape index (κ2) is 2.39. The minimum Gasteiger partial charge on any atom is -0.103 e. The van der Waals surface area contributed by atoms with Crippen molar-refractivity contribution in [1.29, 1.82) is 0 Å². The predicted octanol–water partition coefficient (Wildman–Crippen LogP) is 2.92. The highest BCUT2D eigenvalue weighted by molar-refractivity contribution is 8.49. The highest BCUT2D eigenvalue weighted by Gasteiger charge is 2.52. The molecule has 4 atom stereocenters. The quantitative estimate of drug-likeness (QED) is 0.554. The van der Waals surface area contributed by atoms with Crippen LogP contribution in [0.3, 0.4) is 0 Å². The molecule has 1 saturated heterocycles. The third kappa shape index (κ3) is 0.939. The van der Waals surface area contributed by atoms with E-state index in [1.54, 1.807) is 0 Å². The normalized spacial score (nSPS) is 53.6. The molecule has 3 fully saturated rings. The molecule has 0 nitrogen and oxygen atoms in total. The first-order valence-corrected chi connectivity index (χ1v) is 6.38. The molecular weight excluding hydrogens is 192 g/mol. The van der Waals surface area contributed by atoms with Crippen LogP contribution in [0.25, 0.3) is 0 Å². The molecule has 2 bridgehead atoms. The Balaban J connectivity index is 1.92. The van der Waals surface area contributed by atoms with Gasteiger partial charge in [-0.3, -0.25) is 0 Å². The van der Waals surface area contributed by atoms with Gasteiger partial charge in [-0.05, 0) is 31.1 Å². The van der Waals surface area contributed by atoms with Crippen molar-refractivity contribution >= 4 is 39.3 Å². The number of fused-ring (bicyclic) bond motifs is 5. The Hall–Kier alpha value is 0.790. The fourth-order valence-corrected chi connectivity index (χ4v) is 6.69. The SMILES string of the molecule is S=C1SC2[C@H]3CC[C@H](C3)[C@@H]2S1. The summed E-state index contributed by atoms with van der Waals surface area (Å²) in [6.45, 7) is 0. The van der Waals surface area contributed by atoms with Crippen LogP contribution >= 0.6 is 35.7 Å². The minimum absolute atomic E-state index is 0.922. The van der Waals surface area contributed by atoms with Crippen LogP contribution in [0.15, 0.2) is 0 Å². The lowest BCUT2D eigenvalue weighted by atomic mass is 10.00. The van der Waals surface area contributed by atoms with E-state index in [4.69, 9.17) is 12.2 Å². The molecule has 2 aliphatic carbocycles. The van der Waals surface area contributed by atoms with Crippen molar-refractivity contribution in [3.8, 4) is 0 Å². The summed E-state index contributed by atoms with van der Waals surface area (Å²) < 4.78 is 1.22. The molecule has 0 amide bonds. The van der Waals surface area contributed by atoms with Gasteiger partial charge in [0, 0.05) is 10.5 Å². The van der Waals surface area contributed by atoms with Crippen LogP contribution in [0.4, 0.5) is 0 Å². The van der Waals surface area contributed by atoms with Gasteiger partial charge < -0.3 is 0 Å². The molecule has 0 N–H and O–H groups in total. The maximum atomic E-state index is 5.23. The van der Waals surface area contributed by atoms with E-state index in [9.17, 15) is 0 Å². The highest BCUT2D eigenvalue weighted by atomic mass is 32.2. The Kier molecular flexibility index (Phi) is 1.57. The maximum absolute atomic E-state index is 5.23. The van der Waals surface area contributed by atoms with Crippen molar-refractivity contribution in [2.24, 2.45) is 11.8 Å². The Morgan fingerprint density at radius 1 is 1.09 bits per heavy atom. The van der Waals surface area contributed by atoms with Crippen LogP contribution < -0.4 is 0 Å². The van der Waals surface area contributed by atoms with Crippen molar-refractivity contribution in [1.82, 2.24) is 0 Å². The molecule has 1 unspecified atom stereocenters. The van der Waals surface area contributed by atoms with Crippen LogP contribution in [0, 0.1) is 11.8 Å². The molecule has 11 heavy (non-hydrogen) atoms. The first-order chi connectivity index (χ1) is 5.34. The number of thioether (sulfide) groups is 2. The smallest absolute Gasteiger partial charge is 0.103 e. The molecule has 3 rings (SSSR count).